The Bertz CT molecular complexity index is 269. The van der Waals surface area contributed by atoms with Crippen LogP contribution in [0.15, 0.2) is 0 Å². The predicted molar refractivity (Wildman–Crippen MR) is 67.9 cm³/mol. The minimum absolute atomic E-state index is 0.0215. The van der Waals surface area contributed by atoms with E-state index in [1.54, 1.807) is 0 Å². The molecule has 0 fully saturated rings. The van der Waals surface area contributed by atoms with Gasteiger partial charge >= 0.3 is 5.97 Å². The van der Waals surface area contributed by atoms with Crippen molar-refractivity contribution in [2.24, 2.45) is 11.7 Å². The summed E-state index contributed by atoms with van der Waals surface area (Å²) in [7, 11) is 0. The smallest absolute Gasteiger partial charge is 0.332 e. The predicted octanol–water partition coefficient (Wildman–Crippen LogP) is 0.0918. The van der Waals surface area contributed by atoms with Crippen LogP contribution in [0.25, 0.3) is 0 Å². The monoisotopic (exact) mass is 260 g/mol. The normalized spacial score (nSPS) is 15.8. The van der Waals surface area contributed by atoms with Crippen molar-refractivity contribution in [2.45, 2.75) is 51.7 Å². The lowest BCUT2D eigenvalue weighted by molar-refractivity contribution is -0.147. The second kappa shape index (κ2) is 8.88. The third-order valence-corrected chi connectivity index (χ3v) is 2.75. The standard InChI is InChI=1S/C12H24N2O4/c1-8(4-3-5-9(2)13)11(16)14-7-6-10(15)12(17)18/h8-10,15H,3-7,13H2,1-2H3,(H,14,16)(H,17,18). The first-order valence-corrected chi connectivity index (χ1v) is 6.28. The number of carboxylic acids is 1. The molecule has 0 rings (SSSR count). The first-order valence-electron chi connectivity index (χ1n) is 6.28. The second-order valence-corrected chi connectivity index (χ2v) is 4.74. The lowest BCUT2D eigenvalue weighted by Gasteiger charge is -2.13. The zero-order valence-electron chi connectivity index (χ0n) is 11.1. The first-order chi connectivity index (χ1) is 8.34. The van der Waals surface area contributed by atoms with E-state index in [4.69, 9.17) is 15.9 Å². The van der Waals surface area contributed by atoms with Crippen molar-refractivity contribution in [3.63, 3.8) is 0 Å². The number of aliphatic carboxylic acids is 1. The van der Waals surface area contributed by atoms with E-state index >= 15 is 0 Å². The number of amides is 1. The number of carbonyl (C=O) groups is 2. The number of rotatable bonds is 9. The lowest BCUT2D eigenvalue weighted by atomic mass is 10.0. The molecular formula is C12H24N2O4. The van der Waals surface area contributed by atoms with Gasteiger partial charge in [0.2, 0.25) is 5.91 Å². The molecule has 0 aromatic rings. The number of nitrogens with one attached hydrogen (secondary N) is 1. The van der Waals surface area contributed by atoms with Gasteiger partial charge in [-0.05, 0) is 19.8 Å². The molecule has 0 aromatic carbocycles. The molecule has 106 valence electrons. The molecule has 3 atom stereocenters. The number of aliphatic hydroxyl groups excluding tert-OH is 1. The molecule has 0 aromatic heterocycles. The molecule has 0 bridgehead atoms. The van der Waals surface area contributed by atoms with Crippen LogP contribution < -0.4 is 11.1 Å². The Labute approximate surface area is 108 Å². The fourth-order valence-electron chi connectivity index (χ4n) is 1.51. The van der Waals surface area contributed by atoms with E-state index in [-0.39, 0.29) is 30.8 Å². The number of carboxylic acid groups (broad SMARTS) is 1. The van der Waals surface area contributed by atoms with Gasteiger partial charge < -0.3 is 21.3 Å². The van der Waals surface area contributed by atoms with Crippen molar-refractivity contribution in [3.8, 4) is 0 Å². The van der Waals surface area contributed by atoms with Gasteiger partial charge in [-0.2, -0.15) is 0 Å². The van der Waals surface area contributed by atoms with Crippen LogP contribution in [0.3, 0.4) is 0 Å². The van der Waals surface area contributed by atoms with E-state index in [0.29, 0.717) is 0 Å². The highest BCUT2D eigenvalue weighted by Crippen LogP contribution is 2.09. The summed E-state index contributed by atoms with van der Waals surface area (Å²) in [4.78, 5) is 21.9. The van der Waals surface area contributed by atoms with E-state index < -0.39 is 12.1 Å². The quantitative estimate of drug-likeness (QED) is 0.469. The molecule has 6 heteroatoms. The van der Waals surface area contributed by atoms with Gasteiger partial charge in [0.1, 0.15) is 0 Å². The van der Waals surface area contributed by atoms with E-state index in [1.165, 1.54) is 0 Å². The Balaban J connectivity index is 3.71. The molecule has 1 amide bonds. The van der Waals surface area contributed by atoms with Crippen molar-refractivity contribution < 1.29 is 19.8 Å². The third kappa shape index (κ3) is 8.03. The van der Waals surface area contributed by atoms with E-state index in [2.05, 4.69) is 5.32 Å². The zero-order valence-corrected chi connectivity index (χ0v) is 11.1. The summed E-state index contributed by atoms with van der Waals surface area (Å²) < 4.78 is 0. The Hall–Kier alpha value is -1.14. The zero-order chi connectivity index (χ0) is 14.1. The van der Waals surface area contributed by atoms with Crippen molar-refractivity contribution in [1.82, 2.24) is 5.32 Å². The molecule has 3 unspecified atom stereocenters. The molecule has 0 radical (unpaired) electrons. The molecule has 5 N–H and O–H groups in total. The Kier molecular flexibility index (Phi) is 8.32. The third-order valence-electron chi connectivity index (χ3n) is 2.75. The molecule has 0 aliphatic heterocycles. The lowest BCUT2D eigenvalue weighted by Crippen LogP contribution is -2.33. The van der Waals surface area contributed by atoms with E-state index in [1.807, 2.05) is 13.8 Å². The van der Waals surface area contributed by atoms with Crippen molar-refractivity contribution >= 4 is 11.9 Å². The fraction of sp³-hybridized carbons (Fsp3) is 0.833. The van der Waals surface area contributed by atoms with Crippen LogP contribution in [0.5, 0.6) is 0 Å². The molecule has 0 saturated heterocycles. The summed E-state index contributed by atoms with van der Waals surface area (Å²) in [6.45, 7) is 3.92. The molecule has 18 heavy (non-hydrogen) atoms. The SMILES string of the molecule is CC(N)CCCC(C)C(=O)NCCC(O)C(=O)O. The van der Waals surface area contributed by atoms with E-state index in [9.17, 15) is 9.59 Å². The number of aliphatic hydroxyl groups is 1. The average Bonchev–Trinajstić information content (AvgIpc) is 2.27. The topological polar surface area (TPSA) is 113 Å². The number of hydrogen-bond acceptors (Lipinski definition) is 4. The number of carbonyl (C=O) groups excluding carboxylic acids is 1. The van der Waals surface area contributed by atoms with Gasteiger partial charge in [-0.25, -0.2) is 4.79 Å². The van der Waals surface area contributed by atoms with Gasteiger partial charge in [0.25, 0.3) is 0 Å². The summed E-state index contributed by atoms with van der Waals surface area (Å²) in [6.07, 6.45) is 1.14. The Morgan fingerprint density at radius 3 is 2.33 bits per heavy atom. The van der Waals surface area contributed by atoms with Gasteiger partial charge in [-0.1, -0.05) is 13.3 Å². The highest BCUT2D eigenvalue weighted by molar-refractivity contribution is 5.78. The number of nitrogens with two attached hydrogens (primary N) is 1. The maximum atomic E-state index is 11.6. The van der Waals surface area contributed by atoms with Crippen LogP contribution in [0.4, 0.5) is 0 Å². The number of hydrogen-bond donors (Lipinski definition) is 4. The van der Waals surface area contributed by atoms with Gasteiger partial charge in [-0.3, -0.25) is 4.79 Å². The minimum atomic E-state index is -1.42. The summed E-state index contributed by atoms with van der Waals surface area (Å²) in [5.74, 6) is -1.50. The second-order valence-electron chi connectivity index (χ2n) is 4.74. The summed E-state index contributed by atoms with van der Waals surface area (Å²) in [6, 6.07) is 0.144. The molecule has 0 aliphatic carbocycles. The maximum Gasteiger partial charge on any atom is 0.332 e. The van der Waals surface area contributed by atoms with Gasteiger partial charge in [-0.15, -0.1) is 0 Å². The first kappa shape index (κ1) is 16.9. The molecule has 0 aliphatic rings. The minimum Gasteiger partial charge on any atom is -0.479 e. The average molecular weight is 260 g/mol. The summed E-state index contributed by atoms with van der Waals surface area (Å²) >= 11 is 0. The summed E-state index contributed by atoms with van der Waals surface area (Å²) in [5.41, 5.74) is 5.61. The van der Waals surface area contributed by atoms with Crippen LogP contribution >= 0.6 is 0 Å². The van der Waals surface area contributed by atoms with Gasteiger partial charge in [0.15, 0.2) is 6.10 Å². The molecular weight excluding hydrogens is 236 g/mol. The van der Waals surface area contributed by atoms with Crippen LogP contribution in [0.1, 0.15) is 39.5 Å². The molecule has 0 heterocycles. The van der Waals surface area contributed by atoms with E-state index in [0.717, 1.165) is 19.3 Å². The van der Waals surface area contributed by atoms with Crippen LogP contribution in [0.2, 0.25) is 0 Å². The Morgan fingerprint density at radius 2 is 1.83 bits per heavy atom. The maximum absolute atomic E-state index is 11.6. The fourth-order valence-corrected chi connectivity index (χ4v) is 1.51. The van der Waals surface area contributed by atoms with Crippen LogP contribution in [-0.4, -0.2) is 40.8 Å². The Morgan fingerprint density at radius 1 is 1.22 bits per heavy atom. The largest absolute Gasteiger partial charge is 0.479 e. The highest BCUT2D eigenvalue weighted by Gasteiger charge is 2.15. The van der Waals surface area contributed by atoms with Crippen LogP contribution in [-0.2, 0) is 9.59 Å². The molecule has 0 spiro atoms. The van der Waals surface area contributed by atoms with Gasteiger partial charge in [0.05, 0.1) is 0 Å². The van der Waals surface area contributed by atoms with Crippen molar-refractivity contribution in [3.05, 3.63) is 0 Å². The van der Waals surface area contributed by atoms with Crippen molar-refractivity contribution in [2.75, 3.05) is 6.54 Å². The van der Waals surface area contributed by atoms with Crippen LogP contribution in [0, 0.1) is 5.92 Å². The molecule has 0 saturated carbocycles. The van der Waals surface area contributed by atoms with Crippen molar-refractivity contribution in [1.29, 1.82) is 0 Å². The summed E-state index contributed by atoms with van der Waals surface area (Å²) in [5, 5.41) is 20.1. The molecule has 6 nitrogen and oxygen atoms in total. The van der Waals surface area contributed by atoms with Gasteiger partial charge in [0, 0.05) is 24.9 Å². The highest BCUT2D eigenvalue weighted by atomic mass is 16.4.